The molecule has 0 aliphatic carbocycles. The van der Waals surface area contributed by atoms with Gasteiger partial charge in [0.25, 0.3) is 0 Å². The molecule has 3 rings (SSSR count). The summed E-state index contributed by atoms with van der Waals surface area (Å²) in [5, 5.41) is 12.6. The van der Waals surface area contributed by atoms with Crippen molar-refractivity contribution in [1.82, 2.24) is 4.90 Å². The molecule has 1 aromatic carbocycles. The van der Waals surface area contributed by atoms with Crippen LogP contribution in [-0.4, -0.2) is 29.0 Å². The number of benzene rings is 1. The van der Waals surface area contributed by atoms with Crippen molar-refractivity contribution in [3.63, 3.8) is 0 Å². The Morgan fingerprint density at radius 1 is 1.25 bits per heavy atom. The van der Waals surface area contributed by atoms with Gasteiger partial charge in [-0.15, -0.1) is 11.3 Å². The smallest absolute Gasteiger partial charge is 0.223 e. The summed E-state index contributed by atoms with van der Waals surface area (Å²) in [4.78, 5) is 14.7. The van der Waals surface area contributed by atoms with Crippen LogP contribution in [0.3, 0.4) is 0 Å². The zero-order chi connectivity index (χ0) is 14.1. The van der Waals surface area contributed by atoms with Gasteiger partial charge in [-0.1, -0.05) is 36.4 Å². The number of amides is 1. The molecule has 1 N–H and O–H groups in total. The topological polar surface area (TPSA) is 40.5 Å². The third-order valence-corrected chi connectivity index (χ3v) is 4.98. The van der Waals surface area contributed by atoms with E-state index in [4.69, 9.17) is 0 Å². The van der Waals surface area contributed by atoms with Crippen LogP contribution in [0.2, 0.25) is 0 Å². The monoisotopic (exact) mass is 287 g/mol. The van der Waals surface area contributed by atoms with Gasteiger partial charge in [-0.25, -0.2) is 0 Å². The molecule has 2 heterocycles. The first-order chi connectivity index (χ1) is 9.68. The lowest BCUT2D eigenvalue weighted by Crippen LogP contribution is -2.36. The normalized spacial score (nSPS) is 24.1. The van der Waals surface area contributed by atoms with E-state index in [2.05, 4.69) is 0 Å². The van der Waals surface area contributed by atoms with Crippen molar-refractivity contribution >= 4 is 17.2 Å². The van der Waals surface area contributed by atoms with Gasteiger partial charge in [0.1, 0.15) is 6.10 Å². The van der Waals surface area contributed by atoms with Crippen LogP contribution in [0.1, 0.15) is 28.9 Å². The van der Waals surface area contributed by atoms with E-state index >= 15 is 0 Å². The molecule has 3 nitrogen and oxygen atoms in total. The van der Waals surface area contributed by atoms with Gasteiger partial charge in [-0.05, 0) is 17.0 Å². The van der Waals surface area contributed by atoms with E-state index in [0.717, 1.165) is 10.4 Å². The molecular weight excluding hydrogens is 270 g/mol. The molecule has 20 heavy (non-hydrogen) atoms. The molecule has 2 unspecified atom stereocenters. The molecule has 1 fully saturated rings. The van der Waals surface area contributed by atoms with Crippen LogP contribution in [-0.2, 0) is 4.79 Å². The molecule has 0 saturated carbocycles. The Bertz CT molecular complexity index is 582. The van der Waals surface area contributed by atoms with Crippen molar-refractivity contribution in [2.24, 2.45) is 0 Å². The molecule has 1 amide bonds. The Balaban J connectivity index is 1.95. The highest BCUT2D eigenvalue weighted by Crippen LogP contribution is 2.40. The van der Waals surface area contributed by atoms with Gasteiger partial charge in [0, 0.05) is 24.3 Å². The number of aliphatic hydroxyl groups is 1. The molecule has 1 aliphatic rings. The molecule has 1 saturated heterocycles. The largest absolute Gasteiger partial charge is 0.385 e. The minimum absolute atomic E-state index is 0.0470. The lowest BCUT2D eigenvalue weighted by Gasteiger charge is -2.29. The minimum atomic E-state index is -0.628. The third-order valence-electron chi connectivity index (χ3n) is 4.03. The second kappa shape index (κ2) is 5.38. The molecule has 1 aliphatic heterocycles. The van der Waals surface area contributed by atoms with Crippen LogP contribution in [0.5, 0.6) is 0 Å². The van der Waals surface area contributed by atoms with Gasteiger partial charge < -0.3 is 10.0 Å². The van der Waals surface area contributed by atoms with Crippen LogP contribution in [0.15, 0.2) is 47.8 Å². The fourth-order valence-corrected chi connectivity index (χ4v) is 3.71. The van der Waals surface area contributed by atoms with Gasteiger partial charge >= 0.3 is 0 Å². The summed E-state index contributed by atoms with van der Waals surface area (Å²) in [5.41, 5.74) is 1.12. The highest BCUT2D eigenvalue weighted by atomic mass is 32.1. The summed E-state index contributed by atoms with van der Waals surface area (Å²) in [7, 11) is 1.78. The number of hydrogen-bond acceptors (Lipinski definition) is 3. The molecular formula is C16H17NO2S. The van der Waals surface area contributed by atoms with Crippen molar-refractivity contribution < 1.29 is 9.90 Å². The standard InChI is InChI=1S/C16H17NO2S/c1-17-14(18)10-12(11-6-3-2-4-7-11)15(17)16(19)13-8-5-9-20-13/h2-9,12,15-16,19H,10H2,1H3/t12?,15?,16-/m1/s1. The quantitative estimate of drug-likeness (QED) is 0.943. The Hall–Kier alpha value is -1.65. The van der Waals surface area contributed by atoms with E-state index in [0.29, 0.717) is 6.42 Å². The molecule has 104 valence electrons. The van der Waals surface area contributed by atoms with Crippen LogP contribution < -0.4 is 0 Å². The third kappa shape index (κ3) is 2.25. The zero-order valence-electron chi connectivity index (χ0n) is 11.3. The van der Waals surface area contributed by atoms with Crippen molar-refractivity contribution in [3.05, 3.63) is 58.3 Å². The maximum Gasteiger partial charge on any atom is 0.223 e. The van der Waals surface area contributed by atoms with Crippen LogP contribution in [0, 0.1) is 0 Å². The number of rotatable bonds is 3. The number of hydrogen-bond donors (Lipinski definition) is 1. The fourth-order valence-electron chi connectivity index (χ4n) is 2.96. The lowest BCUT2D eigenvalue weighted by atomic mass is 9.88. The van der Waals surface area contributed by atoms with Crippen molar-refractivity contribution in [3.8, 4) is 0 Å². The molecule has 3 atom stereocenters. The molecule has 0 spiro atoms. The Labute approximate surface area is 122 Å². The Kier molecular flexibility index (Phi) is 3.59. The van der Waals surface area contributed by atoms with Gasteiger partial charge in [0.15, 0.2) is 0 Å². The average molecular weight is 287 g/mol. The van der Waals surface area contributed by atoms with E-state index < -0.39 is 6.10 Å². The highest BCUT2D eigenvalue weighted by Gasteiger charge is 2.43. The number of likely N-dealkylation sites (N-methyl/N-ethyl adjacent to an activating group) is 1. The molecule has 0 bridgehead atoms. The van der Waals surface area contributed by atoms with Crippen LogP contribution >= 0.6 is 11.3 Å². The summed E-state index contributed by atoms with van der Waals surface area (Å²) >= 11 is 1.53. The summed E-state index contributed by atoms with van der Waals surface area (Å²) in [6.45, 7) is 0. The van der Waals surface area contributed by atoms with Crippen molar-refractivity contribution in [2.75, 3.05) is 7.05 Å². The van der Waals surface area contributed by atoms with Gasteiger partial charge in [0.05, 0.1) is 6.04 Å². The molecule has 0 radical (unpaired) electrons. The van der Waals surface area contributed by atoms with E-state index in [1.165, 1.54) is 11.3 Å². The summed E-state index contributed by atoms with van der Waals surface area (Å²) < 4.78 is 0. The zero-order valence-corrected chi connectivity index (χ0v) is 12.1. The van der Waals surface area contributed by atoms with Crippen LogP contribution in [0.25, 0.3) is 0 Å². The van der Waals surface area contributed by atoms with E-state index in [1.807, 2.05) is 47.8 Å². The predicted octanol–water partition coefficient (Wildman–Crippen LogP) is 2.80. The number of carbonyl (C=O) groups excluding carboxylic acids is 1. The summed E-state index contributed by atoms with van der Waals surface area (Å²) in [5.74, 6) is 0.144. The van der Waals surface area contributed by atoms with E-state index in [9.17, 15) is 9.90 Å². The van der Waals surface area contributed by atoms with Gasteiger partial charge in [-0.2, -0.15) is 0 Å². The number of thiophene rings is 1. The number of aliphatic hydroxyl groups excluding tert-OH is 1. The number of likely N-dealkylation sites (tertiary alicyclic amines) is 1. The molecule has 4 heteroatoms. The SMILES string of the molecule is CN1C(=O)CC(c2ccccc2)C1[C@H](O)c1cccs1. The number of nitrogens with zero attached hydrogens (tertiary/aromatic N) is 1. The second-order valence-corrected chi connectivity index (χ2v) is 6.16. The van der Waals surface area contributed by atoms with Gasteiger partial charge in [0.2, 0.25) is 5.91 Å². The first-order valence-electron chi connectivity index (χ1n) is 6.70. The first-order valence-corrected chi connectivity index (χ1v) is 7.58. The van der Waals surface area contributed by atoms with E-state index in [1.54, 1.807) is 11.9 Å². The van der Waals surface area contributed by atoms with Gasteiger partial charge in [-0.3, -0.25) is 4.79 Å². The molecule has 1 aromatic heterocycles. The van der Waals surface area contributed by atoms with E-state index in [-0.39, 0.29) is 17.9 Å². The maximum absolute atomic E-state index is 12.1. The Morgan fingerprint density at radius 2 is 2.00 bits per heavy atom. The predicted molar refractivity (Wildman–Crippen MR) is 79.6 cm³/mol. The lowest BCUT2D eigenvalue weighted by molar-refractivity contribution is -0.128. The van der Waals surface area contributed by atoms with Crippen molar-refractivity contribution in [1.29, 1.82) is 0 Å². The first kappa shape index (κ1) is 13.3. The van der Waals surface area contributed by atoms with Crippen LogP contribution in [0.4, 0.5) is 0 Å². The Morgan fingerprint density at radius 3 is 2.65 bits per heavy atom. The summed E-state index contributed by atoms with van der Waals surface area (Å²) in [6, 6.07) is 13.7. The minimum Gasteiger partial charge on any atom is -0.385 e. The highest BCUT2D eigenvalue weighted by molar-refractivity contribution is 7.10. The average Bonchev–Trinajstić information content (AvgIpc) is 3.09. The fraction of sp³-hybridized carbons (Fsp3) is 0.312. The number of carbonyl (C=O) groups is 1. The second-order valence-electron chi connectivity index (χ2n) is 5.18. The van der Waals surface area contributed by atoms with Crippen molar-refractivity contribution in [2.45, 2.75) is 24.5 Å². The molecule has 2 aromatic rings. The summed E-state index contributed by atoms with van der Waals surface area (Å²) in [6.07, 6.45) is -0.162. The maximum atomic E-state index is 12.1.